The van der Waals surface area contributed by atoms with Crippen LogP contribution in [0.25, 0.3) is 0 Å². The molecule has 0 spiro atoms. The lowest BCUT2D eigenvalue weighted by Crippen LogP contribution is -2.35. The van der Waals surface area contributed by atoms with Gasteiger partial charge in [-0.15, -0.1) is 0 Å². The van der Waals surface area contributed by atoms with Crippen LogP contribution >= 0.6 is 11.6 Å². The minimum absolute atomic E-state index is 0.311. The van der Waals surface area contributed by atoms with Gasteiger partial charge in [0.2, 0.25) is 0 Å². The molecule has 1 N–H and O–H groups in total. The highest BCUT2D eigenvalue weighted by molar-refractivity contribution is 6.31. The summed E-state index contributed by atoms with van der Waals surface area (Å²) in [6, 6.07) is 4.34. The lowest BCUT2D eigenvalue weighted by Gasteiger charge is -2.26. The standard InChI is InChI=1S/C18H26ClNO2/c1-21-17-10-9-16(19)15(12-13-6-4-5-11-20-13)18(17)22-14-7-2-3-8-14/h9-10,13-14,20H,2-8,11-12H2,1H3. The molecule has 1 saturated heterocycles. The zero-order valence-electron chi connectivity index (χ0n) is 13.4. The number of hydrogen-bond donors (Lipinski definition) is 1. The second kappa shape index (κ2) is 7.56. The number of hydrogen-bond acceptors (Lipinski definition) is 3. The Kier molecular flexibility index (Phi) is 5.48. The maximum absolute atomic E-state index is 6.50. The third kappa shape index (κ3) is 3.69. The van der Waals surface area contributed by atoms with E-state index in [-0.39, 0.29) is 0 Å². The molecule has 1 aliphatic heterocycles. The summed E-state index contributed by atoms with van der Waals surface area (Å²) < 4.78 is 11.9. The molecule has 0 bridgehead atoms. The molecule has 1 aromatic carbocycles. The minimum Gasteiger partial charge on any atom is -0.493 e. The number of benzene rings is 1. The van der Waals surface area contributed by atoms with E-state index in [1.165, 1.54) is 32.1 Å². The van der Waals surface area contributed by atoms with Crippen molar-refractivity contribution in [3.8, 4) is 11.5 Å². The molecule has 1 atom stereocenters. The highest BCUT2D eigenvalue weighted by Crippen LogP contribution is 2.39. The summed E-state index contributed by atoms with van der Waals surface area (Å²) in [5, 5.41) is 4.39. The molecule has 2 fully saturated rings. The summed E-state index contributed by atoms with van der Waals surface area (Å²) in [5.74, 6) is 1.68. The number of halogens is 1. The van der Waals surface area contributed by atoms with Gasteiger partial charge in [-0.05, 0) is 63.6 Å². The second-order valence-corrected chi connectivity index (χ2v) is 6.84. The summed E-state index contributed by atoms with van der Waals surface area (Å²) >= 11 is 6.50. The first-order valence-electron chi connectivity index (χ1n) is 8.53. The van der Waals surface area contributed by atoms with Crippen molar-refractivity contribution in [2.45, 2.75) is 63.5 Å². The van der Waals surface area contributed by atoms with Gasteiger partial charge >= 0.3 is 0 Å². The quantitative estimate of drug-likeness (QED) is 0.873. The molecule has 3 rings (SSSR count). The lowest BCUT2D eigenvalue weighted by atomic mass is 9.97. The van der Waals surface area contributed by atoms with Crippen LogP contribution in [0, 0.1) is 0 Å². The van der Waals surface area contributed by atoms with Crippen LogP contribution in [0.2, 0.25) is 5.02 Å². The van der Waals surface area contributed by atoms with Gasteiger partial charge in [0.25, 0.3) is 0 Å². The van der Waals surface area contributed by atoms with E-state index in [1.807, 2.05) is 12.1 Å². The molecule has 0 aromatic heterocycles. The Hall–Kier alpha value is -0.930. The van der Waals surface area contributed by atoms with Gasteiger partial charge in [0.05, 0.1) is 13.2 Å². The highest BCUT2D eigenvalue weighted by atomic mass is 35.5. The van der Waals surface area contributed by atoms with Gasteiger partial charge in [-0.25, -0.2) is 0 Å². The lowest BCUT2D eigenvalue weighted by molar-refractivity contribution is 0.198. The minimum atomic E-state index is 0.311. The molecule has 1 heterocycles. The van der Waals surface area contributed by atoms with Crippen LogP contribution in [0.15, 0.2) is 12.1 Å². The maximum atomic E-state index is 6.50. The number of ether oxygens (including phenoxy) is 2. The molecule has 1 aliphatic carbocycles. The second-order valence-electron chi connectivity index (χ2n) is 6.43. The first-order chi connectivity index (χ1) is 10.8. The zero-order valence-corrected chi connectivity index (χ0v) is 14.1. The Balaban J connectivity index is 1.84. The van der Waals surface area contributed by atoms with Gasteiger partial charge in [-0.2, -0.15) is 0 Å². The Morgan fingerprint density at radius 1 is 1.14 bits per heavy atom. The van der Waals surface area contributed by atoms with Crippen LogP contribution < -0.4 is 14.8 Å². The molecule has 0 radical (unpaired) electrons. The van der Waals surface area contributed by atoms with Gasteiger partial charge in [-0.1, -0.05) is 18.0 Å². The average Bonchev–Trinajstić information content (AvgIpc) is 3.05. The molecule has 22 heavy (non-hydrogen) atoms. The molecule has 1 aromatic rings. The fraction of sp³-hybridized carbons (Fsp3) is 0.667. The Morgan fingerprint density at radius 2 is 1.91 bits per heavy atom. The summed E-state index contributed by atoms with van der Waals surface area (Å²) in [6.07, 6.45) is 9.78. The molecule has 4 heteroatoms. The third-order valence-electron chi connectivity index (χ3n) is 4.84. The van der Waals surface area contributed by atoms with Crippen LogP contribution in [-0.2, 0) is 6.42 Å². The van der Waals surface area contributed by atoms with Crippen molar-refractivity contribution in [2.75, 3.05) is 13.7 Å². The summed E-state index contributed by atoms with van der Waals surface area (Å²) in [5.41, 5.74) is 1.10. The Labute approximate surface area is 138 Å². The predicted octanol–water partition coefficient (Wildman–Crippen LogP) is 4.35. The van der Waals surface area contributed by atoms with Crippen LogP contribution in [0.1, 0.15) is 50.5 Å². The van der Waals surface area contributed by atoms with E-state index in [2.05, 4.69) is 5.32 Å². The molecule has 2 aliphatic rings. The van der Waals surface area contributed by atoms with E-state index in [0.717, 1.165) is 47.9 Å². The van der Waals surface area contributed by atoms with Crippen molar-refractivity contribution in [2.24, 2.45) is 0 Å². The molecular weight excluding hydrogens is 298 g/mol. The smallest absolute Gasteiger partial charge is 0.166 e. The molecule has 3 nitrogen and oxygen atoms in total. The number of piperidine rings is 1. The molecular formula is C18H26ClNO2. The first kappa shape index (κ1) is 15.9. The molecule has 1 saturated carbocycles. The predicted molar refractivity (Wildman–Crippen MR) is 90.2 cm³/mol. The SMILES string of the molecule is COc1ccc(Cl)c(CC2CCCCN2)c1OC1CCCC1. The molecule has 1 unspecified atom stereocenters. The monoisotopic (exact) mass is 323 g/mol. The summed E-state index contributed by atoms with van der Waals surface area (Å²) in [4.78, 5) is 0. The number of methoxy groups -OCH3 is 1. The van der Waals surface area contributed by atoms with Crippen LogP contribution in [-0.4, -0.2) is 25.8 Å². The van der Waals surface area contributed by atoms with Crippen molar-refractivity contribution < 1.29 is 9.47 Å². The van der Waals surface area contributed by atoms with E-state index >= 15 is 0 Å². The fourth-order valence-corrected chi connectivity index (χ4v) is 3.81. The van der Waals surface area contributed by atoms with Gasteiger partial charge in [0.15, 0.2) is 11.5 Å². The van der Waals surface area contributed by atoms with Crippen molar-refractivity contribution in [1.29, 1.82) is 0 Å². The normalized spacial score (nSPS) is 22.7. The number of rotatable bonds is 5. The van der Waals surface area contributed by atoms with E-state index in [4.69, 9.17) is 21.1 Å². The van der Waals surface area contributed by atoms with Crippen LogP contribution in [0.3, 0.4) is 0 Å². The first-order valence-corrected chi connectivity index (χ1v) is 8.91. The zero-order chi connectivity index (χ0) is 15.4. The Morgan fingerprint density at radius 3 is 2.59 bits per heavy atom. The molecule has 122 valence electrons. The molecule has 0 amide bonds. The van der Waals surface area contributed by atoms with Gasteiger partial charge in [-0.3, -0.25) is 0 Å². The Bertz CT molecular complexity index is 494. The van der Waals surface area contributed by atoms with E-state index in [1.54, 1.807) is 7.11 Å². The van der Waals surface area contributed by atoms with Gasteiger partial charge < -0.3 is 14.8 Å². The van der Waals surface area contributed by atoms with Crippen molar-refractivity contribution in [3.63, 3.8) is 0 Å². The highest BCUT2D eigenvalue weighted by Gasteiger charge is 2.24. The third-order valence-corrected chi connectivity index (χ3v) is 5.19. The van der Waals surface area contributed by atoms with E-state index in [0.29, 0.717) is 12.1 Å². The maximum Gasteiger partial charge on any atom is 0.166 e. The van der Waals surface area contributed by atoms with Crippen LogP contribution in [0.5, 0.6) is 11.5 Å². The van der Waals surface area contributed by atoms with Gasteiger partial charge in [0.1, 0.15) is 0 Å². The number of nitrogens with one attached hydrogen (secondary N) is 1. The summed E-state index contributed by atoms with van der Waals surface area (Å²) in [6.45, 7) is 1.10. The topological polar surface area (TPSA) is 30.5 Å². The fourth-order valence-electron chi connectivity index (χ4n) is 3.58. The van der Waals surface area contributed by atoms with E-state index in [9.17, 15) is 0 Å². The van der Waals surface area contributed by atoms with E-state index < -0.39 is 0 Å². The average molecular weight is 324 g/mol. The largest absolute Gasteiger partial charge is 0.493 e. The van der Waals surface area contributed by atoms with Crippen LogP contribution in [0.4, 0.5) is 0 Å². The van der Waals surface area contributed by atoms with Gasteiger partial charge in [0, 0.05) is 16.6 Å². The van der Waals surface area contributed by atoms with Crippen molar-refractivity contribution in [1.82, 2.24) is 5.32 Å². The summed E-state index contributed by atoms with van der Waals surface area (Å²) in [7, 11) is 1.70. The van der Waals surface area contributed by atoms with Crippen molar-refractivity contribution in [3.05, 3.63) is 22.7 Å². The van der Waals surface area contributed by atoms with Crippen molar-refractivity contribution >= 4 is 11.6 Å².